The van der Waals surface area contributed by atoms with Gasteiger partial charge in [0, 0.05) is 4.88 Å². The molecule has 1 N–H and O–H groups in total. The van der Waals surface area contributed by atoms with Crippen molar-refractivity contribution in [2.75, 3.05) is 7.11 Å². The van der Waals surface area contributed by atoms with Crippen LogP contribution >= 0.6 is 11.3 Å². The summed E-state index contributed by atoms with van der Waals surface area (Å²) in [6, 6.07) is 10.8. The lowest BCUT2D eigenvalue weighted by Crippen LogP contribution is -1.99. The second-order valence-corrected chi connectivity index (χ2v) is 4.59. The molecule has 0 radical (unpaired) electrons. The Balaban J connectivity index is 2.44. The first-order valence-electron chi connectivity index (χ1n) is 5.33. The van der Waals surface area contributed by atoms with Crippen LogP contribution in [0.25, 0.3) is 11.6 Å². The zero-order chi connectivity index (χ0) is 13.0. The molecule has 18 heavy (non-hydrogen) atoms. The third-order valence-electron chi connectivity index (χ3n) is 2.44. The van der Waals surface area contributed by atoms with Gasteiger partial charge in [0.15, 0.2) is 0 Å². The van der Waals surface area contributed by atoms with E-state index in [0.717, 1.165) is 4.88 Å². The van der Waals surface area contributed by atoms with Crippen LogP contribution in [0.4, 0.5) is 0 Å². The number of hydrogen-bond acceptors (Lipinski definition) is 3. The normalized spacial score (nSPS) is 11.3. The summed E-state index contributed by atoms with van der Waals surface area (Å²) in [5, 5.41) is 11.2. The van der Waals surface area contributed by atoms with E-state index in [9.17, 15) is 9.90 Å². The lowest BCUT2D eigenvalue weighted by Gasteiger charge is -2.05. The van der Waals surface area contributed by atoms with E-state index in [2.05, 4.69) is 0 Å². The minimum atomic E-state index is -0.948. The topological polar surface area (TPSA) is 46.5 Å². The Morgan fingerprint density at radius 1 is 1.33 bits per heavy atom. The fourth-order valence-corrected chi connectivity index (χ4v) is 2.23. The van der Waals surface area contributed by atoms with Crippen LogP contribution in [0.15, 0.2) is 41.8 Å². The molecule has 0 fully saturated rings. The molecule has 2 aromatic rings. The maximum Gasteiger partial charge on any atom is 0.336 e. The lowest BCUT2D eigenvalue weighted by atomic mass is 10.1. The summed E-state index contributed by atoms with van der Waals surface area (Å²) in [5.74, 6) is -0.303. The first-order valence-corrected chi connectivity index (χ1v) is 6.21. The van der Waals surface area contributed by atoms with E-state index >= 15 is 0 Å². The molecule has 3 nitrogen and oxygen atoms in total. The van der Waals surface area contributed by atoms with Gasteiger partial charge in [0.25, 0.3) is 0 Å². The third kappa shape index (κ3) is 2.78. The number of thiophene rings is 1. The molecular formula is C14H12O3S. The Morgan fingerprint density at radius 2 is 2.17 bits per heavy atom. The third-order valence-corrected chi connectivity index (χ3v) is 3.26. The van der Waals surface area contributed by atoms with Gasteiger partial charge in [-0.15, -0.1) is 11.3 Å². The molecule has 92 valence electrons. The monoisotopic (exact) mass is 260 g/mol. The van der Waals surface area contributed by atoms with Crippen molar-refractivity contribution >= 4 is 29.0 Å². The molecule has 1 aromatic carbocycles. The Hall–Kier alpha value is -2.07. The number of carboxylic acid groups (broad SMARTS) is 1. The number of ether oxygens (including phenoxy) is 1. The average molecular weight is 260 g/mol. The molecule has 2 rings (SSSR count). The summed E-state index contributed by atoms with van der Waals surface area (Å²) in [5.41, 5.74) is 0.895. The van der Waals surface area contributed by atoms with Gasteiger partial charge in [-0.1, -0.05) is 18.2 Å². The second-order valence-electron chi connectivity index (χ2n) is 3.61. The van der Waals surface area contributed by atoms with Crippen molar-refractivity contribution in [1.29, 1.82) is 0 Å². The first kappa shape index (κ1) is 12.4. The van der Waals surface area contributed by atoms with E-state index < -0.39 is 5.97 Å². The Kier molecular flexibility index (Phi) is 3.79. The summed E-state index contributed by atoms with van der Waals surface area (Å²) in [7, 11) is 1.56. The van der Waals surface area contributed by atoms with Crippen molar-refractivity contribution in [3.63, 3.8) is 0 Å². The van der Waals surface area contributed by atoms with Crippen LogP contribution in [-0.2, 0) is 4.79 Å². The maximum atomic E-state index is 11.3. The quantitative estimate of drug-likeness (QED) is 0.857. The molecule has 0 saturated carbocycles. The number of benzene rings is 1. The number of aliphatic carboxylic acids is 1. The van der Waals surface area contributed by atoms with Gasteiger partial charge in [-0.25, -0.2) is 4.79 Å². The summed E-state index contributed by atoms with van der Waals surface area (Å²) < 4.78 is 5.10. The molecule has 0 amide bonds. The summed E-state index contributed by atoms with van der Waals surface area (Å²) >= 11 is 1.50. The zero-order valence-corrected chi connectivity index (χ0v) is 10.6. The highest BCUT2D eigenvalue weighted by Crippen LogP contribution is 2.24. The number of rotatable bonds is 4. The number of carbonyl (C=O) groups is 1. The fourth-order valence-electron chi connectivity index (χ4n) is 1.57. The van der Waals surface area contributed by atoms with Gasteiger partial charge in [0.2, 0.25) is 0 Å². The van der Waals surface area contributed by atoms with E-state index in [1.807, 2.05) is 17.5 Å². The Labute approximate surface area is 109 Å². The second kappa shape index (κ2) is 5.51. The summed E-state index contributed by atoms with van der Waals surface area (Å²) in [6.07, 6.45) is 1.67. The van der Waals surface area contributed by atoms with E-state index in [-0.39, 0.29) is 5.57 Å². The van der Waals surface area contributed by atoms with Gasteiger partial charge in [-0.05, 0) is 35.2 Å². The van der Waals surface area contributed by atoms with Gasteiger partial charge in [-0.2, -0.15) is 0 Å². The molecule has 0 aliphatic carbocycles. The number of carboxylic acids is 1. The highest BCUT2D eigenvalue weighted by Gasteiger charge is 2.11. The van der Waals surface area contributed by atoms with Crippen molar-refractivity contribution < 1.29 is 14.6 Å². The Morgan fingerprint density at radius 3 is 2.78 bits per heavy atom. The SMILES string of the molecule is COc1cccc(/C(=C\c2cccs2)C(=O)O)c1. The van der Waals surface area contributed by atoms with Gasteiger partial charge < -0.3 is 9.84 Å². The molecule has 0 atom stereocenters. The summed E-state index contributed by atoms with van der Waals surface area (Å²) in [4.78, 5) is 12.2. The van der Waals surface area contributed by atoms with Gasteiger partial charge in [0.1, 0.15) is 5.75 Å². The molecule has 4 heteroatoms. The molecule has 1 aromatic heterocycles. The van der Waals surface area contributed by atoms with Crippen molar-refractivity contribution in [3.05, 3.63) is 52.2 Å². The molecule has 0 unspecified atom stereocenters. The molecule has 1 heterocycles. The molecule has 0 bridgehead atoms. The zero-order valence-electron chi connectivity index (χ0n) is 9.79. The molecular weight excluding hydrogens is 248 g/mol. The highest BCUT2D eigenvalue weighted by molar-refractivity contribution is 7.10. The Bertz CT molecular complexity index is 570. The van der Waals surface area contributed by atoms with Crippen LogP contribution in [0.3, 0.4) is 0 Å². The van der Waals surface area contributed by atoms with Crippen LogP contribution in [-0.4, -0.2) is 18.2 Å². The molecule has 0 aliphatic heterocycles. The predicted molar refractivity (Wildman–Crippen MR) is 72.8 cm³/mol. The molecule has 0 aliphatic rings. The van der Waals surface area contributed by atoms with Crippen LogP contribution in [0.2, 0.25) is 0 Å². The predicted octanol–water partition coefficient (Wildman–Crippen LogP) is 3.38. The van der Waals surface area contributed by atoms with Crippen molar-refractivity contribution in [2.24, 2.45) is 0 Å². The van der Waals surface area contributed by atoms with Crippen LogP contribution in [0.5, 0.6) is 5.75 Å². The van der Waals surface area contributed by atoms with Gasteiger partial charge in [-0.3, -0.25) is 0 Å². The minimum absolute atomic E-state index is 0.261. The van der Waals surface area contributed by atoms with Crippen LogP contribution in [0, 0.1) is 0 Å². The molecule has 0 saturated heterocycles. The van der Waals surface area contributed by atoms with Crippen molar-refractivity contribution in [3.8, 4) is 5.75 Å². The van der Waals surface area contributed by atoms with Crippen molar-refractivity contribution in [1.82, 2.24) is 0 Å². The number of methoxy groups -OCH3 is 1. The smallest absolute Gasteiger partial charge is 0.336 e. The standard InChI is InChI=1S/C14H12O3S/c1-17-11-5-2-4-10(8-11)13(14(15)16)9-12-6-3-7-18-12/h2-9H,1H3,(H,15,16)/b13-9+. The van der Waals surface area contributed by atoms with Gasteiger partial charge in [0.05, 0.1) is 12.7 Å². The van der Waals surface area contributed by atoms with Gasteiger partial charge >= 0.3 is 5.97 Å². The van der Waals surface area contributed by atoms with E-state index in [0.29, 0.717) is 11.3 Å². The van der Waals surface area contributed by atoms with E-state index in [1.54, 1.807) is 37.5 Å². The average Bonchev–Trinajstić information content (AvgIpc) is 2.88. The van der Waals surface area contributed by atoms with Crippen LogP contribution < -0.4 is 4.74 Å². The lowest BCUT2D eigenvalue weighted by molar-refractivity contribution is -0.130. The van der Waals surface area contributed by atoms with Crippen molar-refractivity contribution in [2.45, 2.75) is 0 Å². The van der Waals surface area contributed by atoms with Crippen LogP contribution in [0.1, 0.15) is 10.4 Å². The van der Waals surface area contributed by atoms with E-state index in [4.69, 9.17) is 4.74 Å². The highest BCUT2D eigenvalue weighted by atomic mass is 32.1. The molecule has 0 spiro atoms. The number of hydrogen-bond donors (Lipinski definition) is 1. The summed E-state index contributed by atoms with van der Waals surface area (Å²) in [6.45, 7) is 0. The fraction of sp³-hybridized carbons (Fsp3) is 0.0714. The first-order chi connectivity index (χ1) is 8.70. The van der Waals surface area contributed by atoms with E-state index in [1.165, 1.54) is 11.3 Å². The maximum absolute atomic E-state index is 11.3. The minimum Gasteiger partial charge on any atom is -0.497 e. The largest absolute Gasteiger partial charge is 0.497 e.